The summed E-state index contributed by atoms with van der Waals surface area (Å²) in [5, 5.41) is 0. The Balaban J connectivity index is 0.00000320. The summed E-state index contributed by atoms with van der Waals surface area (Å²) in [6.45, 7) is 0.308. The summed E-state index contributed by atoms with van der Waals surface area (Å²) in [5.41, 5.74) is 16.8. The van der Waals surface area contributed by atoms with Crippen LogP contribution in [0.5, 0.6) is 5.75 Å². The van der Waals surface area contributed by atoms with Crippen LogP contribution in [0.3, 0.4) is 0 Å². The van der Waals surface area contributed by atoms with Crippen molar-refractivity contribution >= 4 is 21.5 Å². The van der Waals surface area contributed by atoms with E-state index in [4.69, 9.17) is 16.2 Å². The van der Waals surface area contributed by atoms with E-state index in [1.165, 1.54) is 0 Å². The third kappa shape index (κ3) is 7.04. The maximum absolute atomic E-state index is 10.7. The van der Waals surface area contributed by atoms with Crippen molar-refractivity contribution in [1.29, 1.82) is 0 Å². The molecule has 6 nitrogen and oxygen atoms in total. The molecule has 3 rings (SSSR count). The van der Waals surface area contributed by atoms with Gasteiger partial charge in [0.2, 0.25) is 0 Å². The summed E-state index contributed by atoms with van der Waals surface area (Å²) in [6.07, 6.45) is 0.732. The van der Waals surface area contributed by atoms with E-state index in [9.17, 15) is 13.0 Å². The summed E-state index contributed by atoms with van der Waals surface area (Å²) >= 11 is 0. The fourth-order valence-electron chi connectivity index (χ4n) is 2.96. The van der Waals surface area contributed by atoms with Gasteiger partial charge in [0.05, 0.1) is 16.7 Å². The topological polar surface area (TPSA) is 118 Å². The van der Waals surface area contributed by atoms with E-state index in [-0.39, 0.29) is 41.7 Å². The van der Waals surface area contributed by atoms with Gasteiger partial charge in [0.15, 0.2) is 0 Å². The molecular formula is C22H23N2NaO4S. The van der Waals surface area contributed by atoms with Crippen molar-refractivity contribution in [3.63, 3.8) is 0 Å². The molecule has 0 fully saturated rings. The molecule has 0 unspecified atom stereocenters. The predicted molar refractivity (Wildman–Crippen MR) is 115 cm³/mol. The summed E-state index contributed by atoms with van der Waals surface area (Å²) in [5.74, 6) is 0.293. The first-order chi connectivity index (χ1) is 13.8. The molecule has 0 aliphatic rings. The Labute approximate surface area is 199 Å². The minimum atomic E-state index is -4.20. The molecule has 8 heteroatoms. The Morgan fingerprint density at radius 1 is 0.767 bits per heavy atom. The molecule has 0 spiro atoms. The third-order valence-corrected chi connectivity index (χ3v) is 5.28. The van der Waals surface area contributed by atoms with Gasteiger partial charge in [-0.15, -0.1) is 0 Å². The second kappa shape index (κ2) is 10.8. The standard InChI is InChI=1S/C22H24N2O4S.Na/c23-19-8-3-16(4-9-19)18-7-12-21(17-5-10-20(24)11-6-17)22(15-18)28-13-1-2-14-29(25,26)27;/h3-12,15H,1-2,13-14,23-24H2,(H,25,26,27);/q;+1/p-1. The first-order valence-corrected chi connectivity index (χ1v) is 10.8. The van der Waals surface area contributed by atoms with Crippen LogP contribution in [0.15, 0.2) is 66.7 Å². The van der Waals surface area contributed by atoms with Gasteiger partial charge >= 0.3 is 29.6 Å². The molecule has 0 aliphatic heterocycles. The van der Waals surface area contributed by atoms with Crippen LogP contribution < -0.4 is 45.8 Å². The minimum Gasteiger partial charge on any atom is -0.748 e. The summed E-state index contributed by atoms with van der Waals surface area (Å²) in [4.78, 5) is 0. The number of unbranched alkanes of at least 4 members (excludes halogenated alkanes) is 1. The third-order valence-electron chi connectivity index (χ3n) is 4.49. The van der Waals surface area contributed by atoms with Gasteiger partial charge in [-0.1, -0.05) is 36.4 Å². The molecule has 0 heterocycles. The van der Waals surface area contributed by atoms with Crippen LogP contribution in [0.25, 0.3) is 22.3 Å². The van der Waals surface area contributed by atoms with Crippen molar-refractivity contribution in [2.24, 2.45) is 0 Å². The number of rotatable bonds is 8. The SMILES string of the molecule is Nc1ccc(-c2ccc(-c3ccc(N)cc3)c(OCCCCS(=O)(=O)[O-])c2)cc1.[Na+]. The van der Waals surface area contributed by atoms with Crippen LogP contribution >= 0.6 is 0 Å². The van der Waals surface area contributed by atoms with Gasteiger partial charge in [-0.2, -0.15) is 0 Å². The quantitative estimate of drug-likeness (QED) is 0.235. The van der Waals surface area contributed by atoms with Gasteiger partial charge < -0.3 is 20.8 Å². The number of ether oxygens (including phenoxy) is 1. The van der Waals surface area contributed by atoms with Gasteiger partial charge in [0.1, 0.15) is 5.75 Å². The molecule has 0 aromatic heterocycles. The molecule has 152 valence electrons. The van der Waals surface area contributed by atoms with Crippen molar-refractivity contribution in [1.82, 2.24) is 0 Å². The number of hydrogen-bond acceptors (Lipinski definition) is 6. The second-order valence-corrected chi connectivity index (χ2v) is 8.30. The number of anilines is 2. The van der Waals surface area contributed by atoms with Crippen LogP contribution in [0, 0.1) is 0 Å². The first kappa shape index (κ1) is 24.2. The summed E-state index contributed by atoms with van der Waals surface area (Å²) in [7, 11) is -4.20. The van der Waals surface area contributed by atoms with Gasteiger partial charge in [0, 0.05) is 22.7 Å². The predicted octanol–water partition coefficient (Wildman–Crippen LogP) is 0.893. The monoisotopic (exact) mass is 434 g/mol. The molecule has 3 aromatic rings. The number of hydrogen-bond donors (Lipinski definition) is 2. The summed E-state index contributed by atoms with van der Waals surface area (Å²) in [6, 6.07) is 21.0. The van der Waals surface area contributed by atoms with Crippen LogP contribution in [0.1, 0.15) is 12.8 Å². The van der Waals surface area contributed by atoms with Gasteiger partial charge in [-0.05, 0) is 59.9 Å². The van der Waals surface area contributed by atoms with Crippen molar-refractivity contribution in [2.75, 3.05) is 23.8 Å². The largest absolute Gasteiger partial charge is 1.00 e. The molecule has 30 heavy (non-hydrogen) atoms. The van der Waals surface area contributed by atoms with E-state index in [2.05, 4.69) is 0 Å². The Bertz CT molecular complexity index is 1070. The Morgan fingerprint density at radius 3 is 1.87 bits per heavy atom. The molecule has 3 aromatic carbocycles. The zero-order valence-corrected chi connectivity index (χ0v) is 19.7. The fourth-order valence-corrected chi connectivity index (χ4v) is 3.52. The number of nitrogens with two attached hydrogens (primary N) is 2. The zero-order chi connectivity index (χ0) is 20.9. The molecule has 4 N–H and O–H groups in total. The normalized spacial score (nSPS) is 11.0. The maximum atomic E-state index is 10.7. The number of nitrogen functional groups attached to an aromatic ring is 2. The van der Waals surface area contributed by atoms with E-state index < -0.39 is 10.1 Å². The van der Waals surface area contributed by atoms with E-state index in [1.54, 1.807) is 0 Å². The molecule has 0 radical (unpaired) electrons. The zero-order valence-electron chi connectivity index (χ0n) is 16.9. The van der Waals surface area contributed by atoms with E-state index >= 15 is 0 Å². The maximum Gasteiger partial charge on any atom is 1.00 e. The molecule has 0 bridgehead atoms. The van der Waals surface area contributed by atoms with Crippen molar-refractivity contribution in [2.45, 2.75) is 12.8 Å². The van der Waals surface area contributed by atoms with Crippen LogP contribution in [0.4, 0.5) is 11.4 Å². The van der Waals surface area contributed by atoms with Gasteiger partial charge in [-0.25, -0.2) is 8.42 Å². The molecular weight excluding hydrogens is 411 g/mol. The van der Waals surface area contributed by atoms with E-state index in [0.29, 0.717) is 30.2 Å². The smallest absolute Gasteiger partial charge is 0.748 e. The van der Waals surface area contributed by atoms with E-state index in [1.807, 2.05) is 66.7 Å². The van der Waals surface area contributed by atoms with Crippen molar-refractivity contribution in [3.8, 4) is 28.0 Å². The van der Waals surface area contributed by atoms with Crippen LogP contribution in [-0.4, -0.2) is 25.3 Å². The van der Waals surface area contributed by atoms with Gasteiger partial charge in [-0.3, -0.25) is 0 Å². The molecule has 0 amide bonds. The molecule has 0 atom stereocenters. The Morgan fingerprint density at radius 2 is 1.30 bits per heavy atom. The van der Waals surface area contributed by atoms with Crippen molar-refractivity contribution < 1.29 is 47.3 Å². The minimum absolute atomic E-state index is 0. The fraction of sp³-hybridized carbons (Fsp3) is 0.182. The second-order valence-electron chi connectivity index (χ2n) is 6.77. The van der Waals surface area contributed by atoms with Crippen LogP contribution in [0.2, 0.25) is 0 Å². The van der Waals surface area contributed by atoms with Gasteiger partial charge in [0.25, 0.3) is 0 Å². The molecule has 0 saturated carbocycles. The average Bonchev–Trinajstić information content (AvgIpc) is 2.68. The first-order valence-electron chi connectivity index (χ1n) is 9.24. The average molecular weight is 434 g/mol. The molecule has 0 saturated heterocycles. The van der Waals surface area contributed by atoms with Crippen molar-refractivity contribution in [3.05, 3.63) is 66.7 Å². The van der Waals surface area contributed by atoms with E-state index in [0.717, 1.165) is 22.3 Å². The summed E-state index contributed by atoms with van der Waals surface area (Å²) < 4.78 is 38.2. The molecule has 0 aliphatic carbocycles. The van der Waals surface area contributed by atoms with Crippen LogP contribution in [-0.2, 0) is 10.1 Å². The Hall–Kier alpha value is -2.03. The number of benzene rings is 3. The Kier molecular flexibility index (Phi) is 8.76.